The molecule has 2 aromatic carbocycles. The number of likely N-dealkylation sites (tertiary alicyclic amines) is 1. The van der Waals surface area contributed by atoms with Crippen molar-refractivity contribution in [3.8, 4) is 11.5 Å². The Morgan fingerprint density at radius 3 is 2.78 bits per heavy atom. The van der Waals surface area contributed by atoms with Crippen molar-refractivity contribution >= 4 is 34.2 Å². The molecule has 0 aromatic heterocycles. The number of nitrogens with zero attached hydrogens (tertiary/aromatic N) is 1. The third-order valence-corrected chi connectivity index (χ3v) is 5.96. The second kappa shape index (κ2) is 8.48. The first-order valence-corrected chi connectivity index (χ1v) is 10.5. The summed E-state index contributed by atoms with van der Waals surface area (Å²) in [5.74, 6) is 1.66. The van der Waals surface area contributed by atoms with Crippen molar-refractivity contribution < 1.29 is 14.3 Å². The zero-order valence-electron chi connectivity index (χ0n) is 15.1. The Morgan fingerprint density at radius 2 is 1.93 bits per heavy atom. The fourth-order valence-electron chi connectivity index (χ4n) is 3.72. The van der Waals surface area contributed by atoms with E-state index in [1.165, 1.54) is 5.56 Å². The van der Waals surface area contributed by atoms with Gasteiger partial charge in [0.2, 0.25) is 5.91 Å². The Bertz CT molecular complexity index is 827. The van der Waals surface area contributed by atoms with E-state index in [-0.39, 0.29) is 11.9 Å². The Morgan fingerprint density at radius 1 is 1.11 bits per heavy atom. The molecular formula is C21H23IN2O3. The molecule has 6 heteroatoms. The number of benzene rings is 2. The minimum atomic E-state index is 0.0281. The van der Waals surface area contributed by atoms with Gasteiger partial charge in [-0.15, -0.1) is 0 Å². The minimum absolute atomic E-state index is 0.0281. The molecule has 1 amide bonds. The number of anilines is 1. The third-order valence-electron chi connectivity index (χ3n) is 5.01. The van der Waals surface area contributed by atoms with Gasteiger partial charge in [-0.3, -0.25) is 9.69 Å². The van der Waals surface area contributed by atoms with Crippen LogP contribution >= 0.6 is 22.6 Å². The molecule has 0 saturated carbocycles. The van der Waals surface area contributed by atoms with E-state index in [2.05, 4.69) is 44.9 Å². The van der Waals surface area contributed by atoms with Crippen LogP contribution in [0.25, 0.3) is 0 Å². The third kappa shape index (κ3) is 4.38. The minimum Gasteiger partial charge on any atom is -0.490 e. The van der Waals surface area contributed by atoms with Gasteiger partial charge in [0.05, 0.1) is 25.4 Å². The van der Waals surface area contributed by atoms with Gasteiger partial charge in [-0.05, 0) is 71.8 Å². The Balaban J connectivity index is 1.45. The Hall–Kier alpha value is -1.80. The molecule has 2 aliphatic heterocycles. The maximum atomic E-state index is 12.6. The second-order valence-electron chi connectivity index (χ2n) is 6.91. The number of halogens is 1. The van der Waals surface area contributed by atoms with E-state index in [4.69, 9.17) is 9.47 Å². The Labute approximate surface area is 173 Å². The first kappa shape index (κ1) is 18.6. The van der Waals surface area contributed by atoms with Crippen LogP contribution in [0, 0.1) is 3.57 Å². The molecule has 5 nitrogen and oxygen atoms in total. The molecule has 2 aromatic rings. The molecule has 1 fully saturated rings. The van der Waals surface area contributed by atoms with Crippen LogP contribution in [0.5, 0.6) is 11.5 Å². The number of nitrogens with one attached hydrogen (secondary N) is 1. The van der Waals surface area contributed by atoms with Crippen molar-refractivity contribution in [3.05, 3.63) is 51.6 Å². The summed E-state index contributed by atoms with van der Waals surface area (Å²) in [6, 6.07) is 14.3. The molecule has 1 atom stereocenters. The van der Waals surface area contributed by atoms with Crippen molar-refractivity contribution in [1.82, 2.24) is 4.90 Å². The summed E-state index contributed by atoms with van der Waals surface area (Å²) in [5.41, 5.74) is 2.06. The van der Waals surface area contributed by atoms with Gasteiger partial charge < -0.3 is 14.8 Å². The fraction of sp³-hybridized carbons (Fsp3) is 0.381. The van der Waals surface area contributed by atoms with E-state index >= 15 is 0 Å². The molecule has 2 aliphatic rings. The average molecular weight is 478 g/mol. The van der Waals surface area contributed by atoms with Gasteiger partial charge in [0.1, 0.15) is 0 Å². The number of para-hydroxylation sites is 1. The van der Waals surface area contributed by atoms with Crippen molar-refractivity contribution in [1.29, 1.82) is 0 Å². The standard InChI is InChI=1S/C21H23IN2O3/c22-16-5-1-2-6-17(16)23-21(25)14-24-10-3-7-18(24)15-8-9-19-20(13-15)27-12-4-11-26-19/h1-2,5-6,8-9,13,18H,3-4,7,10-12,14H2,(H,23,25)/t18-/m1/s1. The van der Waals surface area contributed by atoms with Gasteiger partial charge in [-0.1, -0.05) is 18.2 Å². The molecule has 4 rings (SSSR count). The number of hydrogen-bond acceptors (Lipinski definition) is 4. The second-order valence-corrected chi connectivity index (χ2v) is 8.08. The summed E-state index contributed by atoms with van der Waals surface area (Å²) in [4.78, 5) is 14.8. The summed E-state index contributed by atoms with van der Waals surface area (Å²) < 4.78 is 12.6. The van der Waals surface area contributed by atoms with Crippen LogP contribution in [0.3, 0.4) is 0 Å². The number of carbonyl (C=O) groups is 1. The highest BCUT2D eigenvalue weighted by Crippen LogP contribution is 2.37. The zero-order valence-corrected chi connectivity index (χ0v) is 17.3. The molecular weight excluding hydrogens is 455 g/mol. The molecule has 1 N–H and O–H groups in total. The van der Waals surface area contributed by atoms with Gasteiger partial charge in [-0.25, -0.2) is 0 Å². The molecule has 0 spiro atoms. The quantitative estimate of drug-likeness (QED) is 0.669. The number of amides is 1. The summed E-state index contributed by atoms with van der Waals surface area (Å²) >= 11 is 2.24. The summed E-state index contributed by atoms with van der Waals surface area (Å²) in [6.45, 7) is 2.70. The van der Waals surface area contributed by atoms with Gasteiger partial charge in [0.15, 0.2) is 11.5 Å². The maximum absolute atomic E-state index is 12.6. The molecule has 142 valence electrons. The zero-order chi connectivity index (χ0) is 18.6. The van der Waals surface area contributed by atoms with Crippen LogP contribution in [-0.2, 0) is 4.79 Å². The van der Waals surface area contributed by atoms with Crippen molar-refractivity contribution in [3.63, 3.8) is 0 Å². The molecule has 0 bridgehead atoms. The van der Waals surface area contributed by atoms with E-state index < -0.39 is 0 Å². The lowest BCUT2D eigenvalue weighted by Crippen LogP contribution is -2.33. The number of hydrogen-bond donors (Lipinski definition) is 1. The number of rotatable bonds is 4. The Kier molecular flexibility index (Phi) is 5.83. The molecule has 0 aliphatic carbocycles. The lowest BCUT2D eigenvalue weighted by Gasteiger charge is -2.25. The lowest BCUT2D eigenvalue weighted by molar-refractivity contribution is -0.117. The van der Waals surface area contributed by atoms with Crippen molar-refractivity contribution in [2.75, 3.05) is 31.6 Å². The van der Waals surface area contributed by atoms with Crippen LogP contribution in [0.1, 0.15) is 30.9 Å². The highest BCUT2D eigenvalue weighted by atomic mass is 127. The SMILES string of the molecule is O=C(CN1CCC[C@@H]1c1ccc2c(c1)OCCCO2)Nc1ccccc1I. The van der Waals surface area contributed by atoms with E-state index in [0.29, 0.717) is 19.8 Å². The van der Waals surface area contributed by atoms with Crippen LogP contribution in [0.4, 0.5) is 5.69 Å². The van der Waals surface area contributed by atoms with Gasteiger partial charge in [-0.2, -0.15) is 0 Å². The number of carbonyl (C=O) groups excluding carboxylic acids is 1. The predicted molar refractivity (Wildman–Crippen MR) is 113 cm³/mol. The van der Waals surface area contributed by atoms with Crippen molar-refractivity contribution in [2.45, 2.75) is 25.3 Å². The molecule has 1 saturated heterocycles. The van der Waals surface area contributed by atoms with Crippen molar-refractivity contribution in [2.24, 2.45) is 0 Å². The highest BCUT2D eigenvalue weighted by Gasteiger charge is 2.28. The smallest absolute Gasteiger partial charge is 0.238 e. The molecule has 27 heavy (non-hydrogen) atoms. The normalized spacial score (nSPS) is 19.5. The van der Waals surface area contributed by atoms with Crippen LogP contribution in [-0.4, -0.2) is 37.1 Å². The van der Waals surface area contributed by atoms with E-state index in [1.807, 2.05) is 30.3 Å². The topological polar surface area (TPSA) is 50.8 Å². The van der Waals surface area contributed by atoms with Gasteiger partial charge in [0.25, 0.3) is 0 Å². The first-order chi connectivity index (χ1) is 13.2. The first-order valence-electron chi connectivity index (χ1n) is 9.39. The molecule has 0 unspecified atom stereocenters. The largest absolute Gasteiger partial charge is 0.490 e. The van der Waals surface area contributed by atoms with Gasteiger partial charge in [0, 0.05) is 16.0 Å². The molecule has 2 heterocycles. The van der Waals surface area contributed by atoms with E-state index in [1.54, 1.807) is 0 Å². The van der Waals surface area contributed by atoms with E-state index in [9.17, 15) is 4.79 Å². The summed E-state index contributed by atoms with van der Waals surface area (Å²) in [6.07, 6.45) is 3.04. The lowest BCUT2D eigenvalue weighted by atomic mass is 10.0. The van der Waals surface area contributed by atoms with Crippen LogP contribution in [0.2, 0.25) is 0 Å². The van der Waals surface area contributed by atoms with Crippen LogP contribution < -0.4 is 14.8 Å². The molecule has 0 radical (unpaired) electrons. The fourth-order valence-corrected chi connectivity index (χ4v) is 4.24. The maximum Gasteiger partial charge on any atom is 0.238 e. The van der Waals surface area contributed by atoms with Crippen LogP contribution in [0.15, 0.2) is 42.5 Å². The average Bonchev–Trinajstić information content (AvgIpc) is 2.99. The highest BCUT2D eigenvalue weighted by molar-refractivity contribution is 14.1. The monoisotopic (exact) mass is 478 g/mol. The number of fused-ring (bicyclic) bond motifs is 1. The van der Waals surface area contributed by atoms with E-state index in [0.717, 1.165) is 46.6 Å². The summed E-state index contributed by atoms with van der Waals surface area (Å²) in [7, 11) is 0. The van der Waals surface area contributed by atoms with Gasteiger partial charge >= 0.3 is 0 Å². The predicted octanol–water partition coefficient (Wildman–Crippen LogP) is 4.23. The summed E-state index contributed by atoms with van der Waals surface area (Å²) in [5, 5.41) is 3.03. The number of ether oxygens (including phenoxy) is 2.